The highest BCUT2D eigenvalue weighted by Crippen LogP contribution is 2.20. The molecule has 74 heavy (non-hydrogen) atoms. The van der Waals surface area contributed by atoms with Gasteiger partial charge in [-0.05, 0) is 90.3 Å². The van der Waals surface area contributed by atoms with Crippen LogP contribution in [0.1, 0.15) is 157 Å². The van der Waals surface area contributed by atoms with Gasteiger partial charge in [0.05, 0.1) is 33.0 Å². The van der Waals surface area contributed by atoms with E-state index >= 15 is 0 Å². The van der Waals surface area contributed by atoms with Crippen molar-refractivity contribution in [2.45, 2.75) is 166 Å². The minimum Gasteiger partial charge on any atom is -0.449 e. The second kappa shape index (κ2) is 62.6. The number of para-hydroxylation sites is 1. The minimum absolute atomic E-state index is 0.718. The molecule has 0 unspecified atom stereocenters. The van der Waals surface area contributed by atoms with E-state index in [4.69, 9.17) is 4.42 Å². The highest BCUT2D eigenvalue weighted by Gasteiger charge is 1.96. The number of nitrogens with one attached hydrogen (secondary N) is 2. The van der Waals surface area contributed by atoms with Gasteiger partial charge in [-0.15, -0.1) is 22.7 Å². The first-order chi connectivity index (χ1) is 36.1. The highest BCUT2D eigenvalue weighted by molar-refractivity contribution is 7.18. The van der Waals surface area contributed by atoms with E-state index in [0.717, 1.165) is 56.8 Å². The average Bonchev–Trinajstić information content (AvgIpc) is 4.38. The molecule has 2 aromatic carbocycles. The fourth-order valence-electron chi connectivity index (χ4n) is 4.43. The van der Waals surface area contributed by atoms with Gasteiger partial charge in [-0.1, -0.05) is 159 Å². The van der Waals surface area contributed by atoms with Gasteiger partial charge in [0.25, 0.3) is 0 Å². The van der Waals surface area contributed by atoms with Gasteiger partial charge in [-0.2, -0.15) is 5.10 Å². The molecule has 0 amide bonds. The quantitative estimate of drug-likeness (QED) is 0.151. The van der Waals surface area contributed by atoms with E-state index in [0.29, 0.717) is 0 Å². The normalized spacial score (nSPS) is 8.78. The molecule has 2 N–H and O–H groups in total. The van der Waals surface area contributed by atoms with Crippen molar-refractivity contribution in [3.8, 4) is 0 Å². The van der Waals surface area contributed by atoms with Gasteiger partial charge in [-0.25, -0.2) is 19.9 Å². The highest BCUT2D eigenvalue weighted by atomic mass is 32.1. The lowest BCUT2D eigenvalue weighted by molar-refractivity contribution is 0.521. The maximum absolute atomic E-state index is 4.72. The van der Waals surface area contributed by atoms with Gasteiger partial charge in [0.1, 0.15) is 23.7 Å². The Morgan fingerprint density at radius 3 is 1.45 bits per heavy atom. The largest absolute Gasteiger partial charge is 0.449 e. The van der Waals surface area contributed by atoms with Crippen molar-refractivity contribution in [2.24, 2.45) is 4.99 Å². The molecule has 12 nitrogen and oxygen atoms in total. The zero-order chi connectivity index (χ0) is 57.8. The average molecular weight is 1050 g/mol. The third-order valence-corrected chi connectivity index (χ3v) is 8.76. The molecule has 7 aromatic heterocycles. The molecule has 10 rings (SSSR count). The SMILES string of the molecule is CC.CC.CC.CC.CC.CC.CC.CC.CC1=NCC=C1.Cc1n[nH]c(C)n1.Cc1nc2ccccc2s1.Cc1ncc[nH]1.Cc1nccc2ccccc12.Cc1ncco1.Cc1nccs1.c1ccncc1. The monoisotopic (exact) mass is 1050 g/mol. The summed E-state index contributed by atoms with van der Waals surface area (Å²) in [5.41, 5.74) is 3.36. The number of rotatable bonds is 0. The van der Waals surface area contributed by atoms with Crippen molar-refractivity contribution in [1.82, 2.24) is 50.1 Å². The number of H-pyrrole nitrogens is 2. The molecule has 1 aliphatic rings. The predicted octanol–water partition coefficient (Wildman–Crippen LogP) is 19.0. The molecule has 0 atom stereocenters. The number of aliphatic imine (C=N–C) groups is 1. The number of fused-ring (bicyclic) bond motifs is 2. The van der Waals surface area contributed by atoms with Crippen LogP contribution in [0.15, 0.2) is 149 Å². The van der Waals surface area contributed by atoms with Crippen molar-refractivity contribution in [3.63, 3.8) is 0 Å². The molecular formula is C60H99N11OS2. The Morgan fingerprint density at radius 2 is 1.14 bits per heavy atom. The van der Waals surface area contributed by atoms with Crippen LogP contribution in [0.5, 0.6) is 0 Å². The molecule has 1 aliphatic heterocycles. The van der Waals surface area contributed by atoms with Crippen molar-refractivity contribution < 1.29 is 4.42 Å². The Hall–Kier alpha value is -6.51. The van der Waals surface area contributed by atoms with Crippen LogP contribution >= 0.6 is 22.7 Å². The first-order valence-electron chi connectivity index (χ1n) is 26.3. The number of oxazole rings is 1. The smallest absolute Gasteiger partial charge is 0.190 e. The summed E-state index contributed by atoms with van der Waals surface area (Å²) in [6.45, 7) is 48.4. The molecule has 412 valence electrons. The molecule has 9 aromatic rings. The molecule has 8 heterocycles. The van der Waals surface area contributed by atoms with Crippen molar-refractivity contribution >= 4 is 49.4 Å². The van der Waals surface area contributed by atoms with Gasteiger partial charge >= 0.3 is 0 Å². The maximum atomic E-state index is 4.72. The number of nitrogens with zero attached hydrogens (tertiary/aromatic N) is 9. The third kappa shape index (κ3) is 46.6. The first-order valence-corrected chi connectivity index (χ1v) is 28.0. The molecule has 0 saturated heterocycles. The van der Waals surface area contributed by atoms with Crippen LogP contribution in [0.25, 0.3) is 21.0 Å². The zero-order valence-corrected chi connectivity index (χ0v) is 51.9. The zero-order valence-electron chi connectivity index (χ0n) is 50.2. The fourth-order valence-corrected chi connectivity index (χ4v) is 5.70. The second-order valence-corrected chi connectivity index (χ2v) is 14.3. The fraction of sp³-hybridized carbons (Fsp3) is 0.417. The topological polar surface area (TPSA) is 160 Å². The first kappa shape index (κ1) is 78.9. The number of thiazole rings is 2. The molecule has 0 spiro atoms. The summed E-state index contributed by atoms with van der Waals surface area (Å²) in [6.07, 6.45) is 17.9. The van der Waals surface area contributed by atoms with Crippen molar-refractivity contribution in [2.75, 3.05) is 6.54 Å². The molecule has 0 bridgehead atoms. The van der Waals surface area contributed by atoms with Crippen LogP contribution in [0, 0.1) is 48.5 Å². The number of imidazole rings is 1. The van der Waals surface area contributed by atoms with E-state index in [2.05, 4.69) is 79.3 Å². The Bertz CT molecular complexity index is 2270. The lowest BCUT2D eigenvalue weighted by atomic mass is 10.1. The maximum Gasteiger partial charge on any atom is 0.190 e. The number of aromatic amines is 2. The number of hydrogen-bond donors (Lipinski definition) is 2. The number of pyridine rings is 2. The van der Waals surface area contributed by atoms with Crippen LogP contribution in [0.2, 0.25) is 0 Å². The summed E-state index contributed by atoms with van der Waals surface area (Å²) in [5, 5.41) is 13.2. The van der Waals surface area contributed by atoms with Crippen LogP contribution in [0.3, 0.4) is 0 Å². The van der Waals surface area contributed by atoms with E-state index in [-0.39, 0.29) is 0 Å². The summed E-state index contributed by atoms with van der Waals surface area (Å²) in [7, 11) is 0. The van der Waals surface area contributed by atoms with E-state index in [9.17, 15) is 0 Å². The number of benzene rings is 2. The molecule has 0 radical (unpaired) electrons. The summed E-state index contributed by atoms with van der Waals surface area (Å²) >= 11 is 3.41. The molecule has 0 fully saturated rings. The van der Waals surface area contributed by atoms with Crippen LogP contribution in [-0.4, -0.2) is 62.3 Å². The number of aromatic nitrogens is 10. The van der Waals surface area contributed by atoms with Crippen molar-refractivity contribution in [3.05, 3.63) is 179 Å². The number of allylic oxidation sites excluding steroid dienone is 1. The Balaban J connectivity index is -0.000000173. The number of hydrogen-bond acceptors (Lipinski definition) is 12. The predicted molar refractivity (Wildman–Crippen MR) is 330 cm³/mol. The van der Waals surface area contributed by atoms with Gasteiger partial charge in [-0.3, -0.25) is 25.0 Å². The molecule has 0 aliphatic carbocycles. The summed E-state index contributed by atoms with van der Waals surface area (Å²) in [5.74, 6) is 3.36. The summed E-state index contributed by atoms with van der Waals surface area (Å²) in [4.78, 5) is 34.7. The van der Waals surface area contributed by atoms with Crippen LogP contribution in [0.4, 0.5) is 0 Å². The molecular weight excluding hydrogens is 955 g/mol. The lowest BCUT2D eigenvalue weighted by Gasteiger charge is -1.97. The Morgan fingerprint density at radius 1 is 0.527 bits per heavy atom. The third-order valence-electron chi connectivity index (χ3n) is 7.10. The van der Waals surface area contributed by atoms with Gasteiger partial charge in [0, 0.05) is 66.3 Å². The minimum atomic E-state index is 0.718. The van der Waals surface area contributed by atoms with Gasteiger partial charge in [0.15, 0.2) is 5.89 Å². The summed E-state index contributed by atoms with van der Waals surface area (Å²) in [6, 6.07) is 24.2. The van der Waals surface area contributed by atoms with E-state index in [1.165, 1.54) is 15.5 Å². The van der Waals surface area contributed by atoms with E-state index in [1.54, 1.807) is 73.0 Å². The summed E-state index contributed by atoms with van der Waals surface area (Å²) < 4.78 is 6.00. The van der Waals surface area contributed by atoms with E-state index in [1.807, 2.05) is 231 Å². The van der Waals surface area contributed by atoms with Gasteiger partial charge < -0.3 is 9.40 Å². The van der Waals surface area contributed by atoms with Crippen molar-refractivity contribution in [1.29, 1.82) is 0 Å². The number of aryl methyl sites for hydroxylation is 7. The second-order valence-electron chi connectivity index (χ2n) is 12.0. The standard InChI is InChI=1S/C10H9N.C8H7NS.C5H7N.C5H5N.C4H7N3.C4H6N2.C4H5NO.C4H5NS.8C2H6/c1-8-10-5-3-2-4-9(10)6-7-11-8;1-6-9-7-4-2-3-5-8(7)10-6;1-5-3-2-4-6-5;1-2-4-6-5-3-1;1-3-5-4(2)7-6-3;3*1-4-5-2-3-6-4;8*1-2/h2-7H,1H3;2-5H,1H3;2-3H,4H2,1H3;1-5H;1-2H3,(H,5,6,7);2-3H,1H3,(H,5,6);2*2-3H,1H3;8*1-2H3. The molecule has 0 saturated carbocycles. The van der Waals surface area contributed by atoms with Gasteiger partial charge in [0.2, 0.25) is 0 Å². The van der Waals surface area contributed by atoms with Crippen LogP contribution < -0.4 is 0 Å². The van der Waals surface area contributed by atoms with Crippen LogP contribution in [-0.2, 0) is 0 Å². The Kier molecular flexibility index (Phi) is 66.8. The lowest BCUT2D eigenvalue weighted by Crippen LogP contribution is -1.80. The van der Waals surface area contributed by atoms with E-state index < -0.39 is 0 Å². The molecule has 14 heteroatoms. The Labute approximate surface area is 458 Å².